The third-order valence-corrected chi connectivity index (χ3v) is 3.81. The molecule has 1 N–H and O–H groups in total. The maximum atomic E-state index is 4.41. The maximum Gasteiger partial charge on any atom is 0.130 e. The summed E-state index contributed by atoms with van der Waals surface area (Å²) in [7, 11) is 1.91. The van der Waals surface area contributed by atoms with Crippen molar-refractivity contribution in [3.8, 4) is 0 Å². The van der Waals surface area contributed by atoms with Crippen LogP contribution in [0.15, 0.2) is 36.9 Å². The highest BCUT2D eigenvalue weighted by atomic mass is 15.2. The van der Waals surface area contributed by atoms with Gasteiger partial charge in [0.05, 0.1) is 11.7 Å². The van der Waals surface area contributed by atoms with Crippen molar-refractivity contribution in [1.82, 2.24) is 19.9 Å². The van der Waals surface area contributed by atoms with E-state index in [0.717, 1.165) is 31.0 Å². The third kappa shape index (κ3) is 2.63. The zero-order valence-corrected chi connectivity index (χ0v) is 11.7. The molecule has 2 aromatic rings. The monoisotopic (exact) mass is 269 g/mol. The molecule has 2 aromatic heterocycles. The summed E-state index contributed by atoms with van der Waals surface area (Å²) in [5.41, 5.74) is 2.35. The van der Waals surface area contributed by atoms with Crippen LogP contribution in [0.3, 0.4) is 0 Å². The highest BCUT2D eigenvalue weighted by Gasteiger charge is 2.27. The van der Waals surface area contributed by atoms with Gasteiger partial charge < -0.3 is 5.32 Å². The molecule has 0 aromatic carbocycles. The molecule has 0 radical (unpaired) electrons. The highest BCUT2D eigenvalue weighted by Crippen LogP contribution is 2.32. The molecule has 1 saturated heterocycles. The average molecular weight is 269 g/mol. The van der Waals surface area contributed by atoms with Gasteiger partial charge in [-0.3, -0.25) is 4.90 Å². The van der Waals surface area contributed by atoms with Crippen molar-refractivity contribution < 1.29 is 0 Å². The fourth-order valence-corrected chi connectivity index (χ4v) is 2.86. The van der Waals surface area contributed by atoms with Crippen molar-refractivity contribution in [2.24, 2.45) is 0 Å². The summed E-state index contributed by atoms with van der Waals surface area (Å²) in [4.78, 5) is 15.3. The molecule has 0 aliphatic carbocycles. The lowest BCUT2D eigenvalue weighted by atomic mass is 10.1. The number of aromatic nitrogens is 3. The van der Waals surface area contributed by atoms with Crippen LogP contribution in [0.25, 0.3) is 0 Å². The molecule has 1 aliphatic heterocycles. The average Bonchev–Trinajstić information content (AvgIpc) is 2.97. The molecule has 104 valence electrons. The molecule has 1 unspecified atom stereocenters. The fourth-order valence-electron chi connectivity index (χ4n) is 2.86. The lowest BCUT2D eigenvalue weighted by Gasteiger charge is -2.24. The van der Waals surface area contributed by atoms with Gasteiger partial charge in [-0.1, -0.05) is 6.07 Å². The van der Waals surface area contributed by atoms with E-state index in [1.165, 1.54) is 12.0 Å². The number of hydrogen-bond donors (Lipinski definition) is 1. The first kappa shape index (κ1) is 13.0. The molecule has 1 atom stereocenters. The van der Waals surface area contributed by atoms with Gasteiger partial charge in [-0.05, 0) is 31.5 Å². The molecule has 3 heterocycles. The summed E-state index contributed by atoms with van der Waals surface area (Å²) >= 11 is 0. The van der Waals surface area contributed by atoms with E-state index >= 15 is 0 Å². The molecule has 0 saturated carbocycles. The van der Waals surface area contributed by atoms with E-state index in [4.69, 9.17) is 0 Å². The Bertz CT molecular complexity index is 557. The van der Waals surface area contributed by atoms with Gasteiger partial charge in [0.25, 0.3) is 0 Å². The molecule has 0 spiro atoms. The van der Waals surface area contributed by atoms with Gasteiger partial charge in [-0.15, -0.1) is 0 Å². The Morgan fingerprint density at radius 1 is 1.30 bits per heavy atom. The molecule has 20 heavy (non-hydrogen) atoms. The fraction of sp³-hybridized carbons (Fsp3) is 0.400. The lowest BCUT2D eigenvalue weighted by molar-refractivity contribution is 0.244. The van der Waals surface area contributed by atoms with Crippen LogP contribution in [-0.2, 0) is 6.54 Å². The van der Waals surface area contributed by atoms with Crippen LogP contribution < -0.4 is 5.32 Å². The van der Waals surface area contributed by atoms with E-state index in [2.05, 4.69) is 31.2 Å². The predicted molar refractivity (Wildman–Crippen MR) is 78.2 cm³/mol. The minimum Gasteiger partial charge on any atom is -0.373 e. The van der Waals surface area contributed by atoms with Gasteiger partial charge in [0.15, 0.2) is 0 Å². The zero-order valence-electron chi connectivity index (χ0n) is 11.7. The first-order valence-electron chi connectivity index (χ1n) is 7.00. The van der Waals surface area contributed by atoms with Crippen LogP contribution in [0.5, 0.6) is 0 Å². The third-order valence-electron chi connectivity index (χ3n) is 3.81. The van der Waals surface area contributed by atoms with E-state index in [9.17, 15) is 0 Å². The standard InChI is InChI=1S/C15H19N5/c1-16-15-12(4-2-7-18-15)10-20-9-3-5-14(20)13-6-8-17-11-19-13/h2,4,6-8,11,14H,3,5,9-10H2,1H3,(H,16,18). The first-order valence-corrected chi connectivity index (χ1v) is 7.00. The minimum atomic E-state index is 0.392. The summed E-state index contributed by atoms with van der Waals surface area (Å²) in [6.45, 7) is 2.01. The molecule has 0 bridgehead atoms. The van der Waals surface area contributed by atoms with E-state index in [0.29, 0.717) is 6.04 Å². The van der Waals surface area contributed by atoms with Crippen molar-refractivity contribution >= 4 is 5.82 Å². The molecule has 1 aliphatic rings. The molecule has 0 amide bonds. The predicted octanol–water partition coefficient (Wildman–Crippen LogP) is 2.25. The Balaban J connectivity index is 1.79. The minimum absolute atomic E-state index is 0.392. The second-order valence-electron chi connectivity index (χ2n) is 5.02. The summed E-state index contributed by atoms with van der Waals surface area (Å²) in [6.07, 6.45) is 7.65. The van der Waals surface area contributed by atoms with Gasteiger partial charge in [0.2, 0.25) is 0 Å². The quantitative estimate of drug-likeness (QED) is 0.922. The number of rotatable bonds is 4. The SMILES string of the molecule is CNc1ncccc1CN1CCCC1c1ccncn1. The van der Waals surface area contributed by atoms with Gasteiger partial charge in [0, 0.05) is 31.5 Å². The van der Waals surface area contributed by atoms with Gasteiger partial charge in [-0.2, -0.15) is 0 Å². The van der Waals surface area contributed by atoms with Crippen LogP contribution >= 0.6 is 0 Å². The van der Waals surface area contributed by atoms with Crippen LogP contribution in [-0.4, -0.2) is 33.4 Å². The topological polar surface area (TPSA) is 53.9 Å². The summed E-state index contributed by atoms with van der Waals surface area (Å²) in [5.74, 6) is 0.959. The number of pyridine rings is 1. The van der Waals surface area contributed by atoms with Crippen molar-refractivity contribution in [3.63, 3.8) is 0 Å². The number of anilines is 1. The van der Waals surface area contributed by atoms with E-state index in [1.54, 1.807) is 6.33 Å². The van der Waals surface area contributed by atoms with E-state index < -0.39 is 0 Å². The van der Waals surface area contributed by atoms with Crippen molar-refractivity contribution in [3.05, 3.63) is 48.2 Å². The van der Waals surface area contributed by atoms with Crippen molar-refractivity contribution in [1.29, 1.82) is 0 Å². The van der Waals surface area contributed by atoms with Crippen LogP contribution in [0.1, 0.15) is 30.1 Å². The summed E-state index contributed by atoms with van der Waals surface area (Å²) < 4.78 is 0. The van der Waals surface area contributed by atoms with Gasteiger partial charge >= 0.3 is 0 Å². The van der Waals surface area contributed by atoms with E-state index in [1.807, 2.05) is 31.6 Å². The molecular weight excluding hydrogens is 250 g/mol. The molecular formula is C15H19N5. The lowest BCUT2D eigenvalue weighted by Crippen LogP contribution is -2.24. The normalized spacial score (nSPS) is 19.1. The van der Waals surface area contributed by atoms with Gasteiger partial charge in [-0.25, -0.2) is 15.0 Å². The molecule has 3 rings (SSSR count). The second-order valence-corrected chi connectivity index (χ2v) is 5.02. The Morgan fingerprint density at radius 3 is 3.05 bits per heavy atom. The van der Waals surface area contributed by atoms with Crippen molar-refractivity contribution in [2.75, 3.05) is 18.9 Å². The van der Waals surface area contributed by atoms with Crippen LogP contribution in [0.2, 0.25) is 0 Å². The Labute approximate surface area is 119 Å². The Hall–Kier alpha value is -2.01. The Morgan fingerprint density at radius 2 is 2.25 bits per heavy atom. The maximum absolute atomic E-state index is 4.41. The Kier molecular flexibility index (Phi) is 3.87. The number of nitrogens with one attached hydrogen (secondary N) is 1. The zero-order chi connectivity index (χ0) is 13.8. The van der Waals surface area contributed by atoms with E-state index in [-0.39, 0.29) is 0 Å². The summed E-state index contributed by atoms with van der Waals surface area (Å²) in [6, 6.07) is 6.54. The van der Waals surface area contributed by atoms with Crippen molar-refractivity contribution in [2.45, 2.75) is 25.4 Å². The number of nitrogens with zero attached hydrogens (tertiary/aromatic N) is 4. The molecule has 5 nitrogen and oxygen atoms in total. The van der Waals surface area contributed by atoms with Gasteiger partial charge in [0.1, 0.15) is 12.1 Å². The molecule has 5 heteroatoms. The van der Waals surface area contributed by atoms with Crippen LogP contribution in [0.4, 0.5) is 5.82 Å². The summed E-state index contributed by atoms with van der Waals surface area (Å²) in [5, 5.41) is 3.16. The van der Waals surface area contributed by atoms with Crippen LogP contribution in [0, 0.1) is 0 Å². The highest BCUT2D eigenvalue weighted by molar-refractivity contribution is 5.42. The second kappa shape index (κ2) is 5.96. The number of likely N-dealkylation sites (tertiary alicyclic amines) is 1. The first-order chi connectivity index (χ1) is 9.88. The smallest absolute Gasteiger partial charge is 0.130 e. The molecule has 1 fully saturated rings. The number of hydrogen-bond acceptors (Lipinski definition) is 5. The largest absolute Gasteiger partial charge is 0.373 e.